The first-order valence-corrected chi connectivity index (χ1v) is 6.34. The number of methoxy groups -OCH3 is 1. The van der Waals surface area contributed by atoms with E-state index in [4.69, 9.17) is 9.84 Å². The number of rotatable bonds is 3. The number of hydrogen-bond acceptors (Lipinski definition) is 2. The van der Waals surface area contributed by atoms with E-state index in [0.29, 0.717) is 11.1 Å². The number of halogens is 3. The first-order valence-electron chi connectivity index (χ1n) is 6.34. The van der Waals surface area contributed by atoms with Gasteiger partial charge in [0.1, 0.15) is 5.75 Å². The van der Waals surface area contributed by atoms with Crippen LogP contribution in [-0.4, -0.2) is 18.2 Å². The predicted octanol–water partition coefficient (Wildman–Crippen LogP) is 4.39. The van der Waals surface area contributed by atoms with Gasteiger partial charge >= 0.3 is 12.1 Å². The van der Waals surface area contributed by atoms with Gasteiger partial charge in [0, 0.05) is 0 Å². The topological polar surface area (TPSA) is 46.5 Å². The minimum Gasteiger partial charge on any atom is -0.496 e. The van der Waals surface area contributed by atoms with Crippen molar-refractivity contribution in [2.45, 2.75) is 13.1 Å². The molecular formula is C16H13F3O3. The van der Waals surface area contributed by atoms with Crippen molar-refractivity contribution in [1.82, 2.24) is 0 Å². The van der Waals surface area contributed by atoms with Crippen LogP contribution < -0.4 is 4.74 Å². The highest BCUT2D eigenvalue weighted by Gasteiger charge is 2.34. The van der Waals surface area contributed by atoms with Crippen molar-refractivity contribution in [2.24, 2.45) is 0 Å². The van der Waals surface area contributed by atoms with Crippen molar-refractivity contribution in [3.05, 3.63) is 53.1 Å². The monoisotopic (exact) mass is 310 g/mol. The average molecular weight is 310 g/mol. The van der Waals surface area contributed by atoms with Crippen LogP contribution in [0.5, 0.6) is 5.75 Å². The molecule has 6 heteroatoms. The van der Waals surface area contributed by atoms with Gasteiger partial charge in [-0.3, -0.25) is 0 Å². The predicted molar refractivity (Wildman–Crippen MR) is 75.1 cm³/mol. The van der Waals surface area contributed by atoms with Gasteiger partial charge in [-0.25, -0.2) is 4.79 Å². The molecular weight excluding hydrogens is 297 g/mol. The van der Waals surface area contributed by atoms with E-state index in [9.17, 15) is 18.0 Å². The Kier molecular flexibility index (Phi) is 4.12. The van der Waals surface area contributed by atoms with E-state index in [-0.39, 0.29) is 16.9 Å². The molecule has 0 atom stereocenters. The first-order chi connectivity index (χ1) is 10.3. The molecule has 0 spiro atoms. The summed E-state index contributed by atoms with van der Waals surface area (Å²) in [5, 5.41) is 9.10. The lowest BCUT2D eigenvalue weighted by Gasteiger charge is -2.15. The molecule has 0 amide bonds. The fourth-order valence-electron chi connectivity index (χ4n) is 2.28. The van der Waals surface area contributed by atoms with Gasteiger partial charge in [-0.2, -0.15) is 13.2 Å². The summed E-state index contributed by atoms with van der Waals surface area (Å²) in [4.78, 5) is 11.1. The summed E-state index contributed by atoms with van der Waals surface area (Å²) in [6.45, 7) is 1.57. The largest absolute Gasteiger partial charge is 0.496 e. The molecule has 0 heterocycles. The number of aromatic carboxylic acids is 1. The van der Waals surface area contributed by atoms with Crippen LogP contribution in [0, 0.1) is 6.92 Å². The lowest BCUT2D eigenvalue weighted by molar-refractivity contribution is -0.138. The maximum absolute atomic E-state index is 13.1. The molecule has 1 N–H and O–H groups in total. The molecule has 0 saturated carbocycles. The zero-order valence-electron chi connectivity index (χ0n) is 11.9. The lowest BCUT2D eigenvalue weighted by atomic mass is 9.95. The molecule has 2 aromatic rings. The van der Waals surface area contributed by atoms with Gasteiger partial charge in [-0.1, -0.05) is 18.2 Å². The molecule has 2 rings (SSSR count). The number of carbonyl (C=O) groups is 1. The summed E-state index contributed by atoms with van der Waals surface area (Å²) in [5.41, 5.74) is 0.296. The van der Waals surface area contributed by atoms with Crippen LogP contribution in [0.15, 0.2) is 36.4 Å². The van der Waals surface area contributed by atoms with Crippen LogP contribution >= 0.6 is 0 Å². The number of ether oxygens (including phenoxy) is 1. The van der Waals surface area contributed by atoms with Crippen LogP contribution in [0.2, 0.25) is 0 Å². The molecule has 0 radical (unpaired) electrons. The summed E-state index contributed by atoms with van der Waals surface area (Å²) >= 11 is 0. The van der Waals surface area contributed by atoms with Crippen molar-refractivity contribution >= 4 is 5.97 Å². The Hall–Kier alpha value is -2.50. The highest BCUT2D eigenvalue weighted by molar-refractivity contribution is 5.92. The fourth-order valence-corrected chi connectivity index (χ4v) is 2.28. The Morgan fingerprint density at radius 1 is 1.18 bits per heavy atom. The van der Waals surface area contributed by atoms with Crippen LogP contribution in [0.4, 0.5) is 13.2 Å². The van der Waals surface area contributed by atoms with E-state index in [1.165, 1.54) is 31.4 Å². The number of alkyl halides is 3. The molecule has 0 fully saturated rings. The van der Waals surface area contributed by atoms with Gasteiger partial charge in [0.2, 0.25) is 0 Å². The van der Waals surface area contributed by atoms with Gasteiger partial charge in [0.05, 0.1) is 18.2 Å². The Morgan fingerprint density at radius 3 is 2.41 bits per heavy atom. The molecule has 0 saturated heterocycles. The van der Waals surface area contributed by atoms with E-state index in [1.807, 2.05) is 0 Å². The van der Waals surface area contributed by atoms with Gasteiger partial charge in [-0.15, -0.1) is 0 Å². The van der Waals surface area contributed by atoms with E-state index < -0.39 is 17.7 Å². The third kappa shape index (κ3) is 2.90. The van der Waals surface area contributed by atoms with E-state index in [2.05, 4.69) is 0 Å². The Labute approximate surface area is 125 Å². The lowest BCUT2D eigenvalue weighted by Crippen LogP contribution is -2.08. The Bertz CT molecular complexity index is 721. The summed E-state index contributed by atoms with van der Waals surface area (Å²) in [5.74, 6) is -1.40. The summed E-state index contributed by atoms with van der Waals surface area (Å²) < 4.78 is 43.9. The highest BCUT2D eigenvalue weighted by Crippen LogP contribution is 2.39. The van der Waals surface area contributed by atoms with E-state index in [0.717, 1.165) is 6.07 Å². The molecule has 22 heavy (non-hydrogen) atoms. The van der Waals surface area contributed by atoms with Crippen molar-refractivity contribution < 1.29 is 27.8 Å². The van der Waals surface area contributed by atoms with Crippen LogP contribution in [0.1, 0.15) is 21.5 Å². The van der Waals surface area contributed by atoms with Gasteiger partial charge < -0.3 is 9.84 Å². The van der Waals surface area contributed by atoms with Crippen molar-refractivity contribution in [3.63, 3.8) is 0 Å². The van der Waals surface area contributed by atoms with Crippen LogP contribution in [-0.2, 0) is 6.18 Å². The van der Waals surface area contributed by atoms with E-state index in [1.54, 1.807) is 13.0 Å². The summed E-state index contributed by atoms with van der Waals surface area (Å²) in [7, 11) is 1.17. The molecule has 0 aliphatic carbocycles. The van der Waals surface area contributed by atoms with Crippen molar-refractivity contribution in [3.8, 4) is 16.9 Å². The van der Waals surface area contributed by atoms with Crippen molar-refractivity contribution in [1.29, 1.82) is 0 Å². The fraction of sp³-hybridized carbons (Fsp3) is 0.188. The zero-order valence-corrected chi connectivity index (χ0v) is 11.9. The zero-order chi connectivity index (χ0) is 16.5. The molecule has 0 bridgehead atoms. The standard InChI is InChI=1S/C16H13F3O3/c1-9-11(4-3-5-12(9)15(20)21)10-6-7-14(22-2)13(8-10)16(17,18)19/h3-8H,1-2H3,(H,20,21). The first kappa shape index (κ1) is 15.9. The minimum atomic E-state index is -4.56. The maximum atomic E-state index is 13.1. The highest BCUT2D eigenvalue weighted by atomic mass is 19.4. The quantitative estimate of drug-likeness (QED) is 0.914. The summed E-state index contributed by atoms with van der Waals surface area (Å²) in [6.07, 6.45) is -4.56. The summed E-state index contributed by atoms with van der Waals surface area (Å²) in [6, 6.07) is 8.17. The van der Waals surface area contributed by atoms with Gasteiger partial charge in [0.25, 0.3) is 0 Å². The minimum absolute atomic E-state index is 0.0573. The molecule has 0 aliphatic heterocycles. The second-order valence-corrected chi connectivity index (χ2v) is 4.70. The van der Waals surface area contributed by atoms with Crippen LogP contribution in [0.3, 0.4) is 0 Å². The normalized spacial score (nSPS) is 11.3. The number of benzene rings is 2. The SMILES string of the molecule is COc1ccc(-c2cccc(C(=O)O)c2C)cc1C(F)(F)F. The van der Waals surface area contributed by atoms with Crippen molar-refractivity contribution in [2.75, 3.05) is 7.11 Å². The van der Waals surface area contributed by atoms with Gasteiger partial charge in [-0.05, 0) is 41.8 Å². The maximum Gasteiger partial charge on any atom is 0.419 e. The molecule has 2 aromatic carbocycles. The smallest absolute Gasteiger partial charge is 0.419 e. The van der Waals surface area contributed by atoms with E-state index >= 15 is 0 Å². The second kappa shape index (κ2) is 5.71. The number of carboxylic acid groups (broad SMARTS) is 1. The Morgan fingerprint density at radius 2 is 1.86 bits per heavy atom. The number of hydrogen-bond donors (Lipinski definition) is 1. The average Bonchev–Trinajstić information content (AvgIpc) is 2.45. The second-order valence-electron chi connectivity index (χ2n) is 4.70. The van der Waals surface area contributed by atoms with Crippen LogP contribution in [0.25, 0.3) is 11.1 Å². The Balaban J connectivity index is 2.64. The molecule has 0 aromatic heterocycles. The molecule has 0 aliphatic rings. The van der Waals surface area contributed by atoms with Gasteiger partial charge in [0.15, 0.2) is 0 Å². The third-order valence-electron chi connectivity index (χ3n) is 3.38. The molecule has 116 valence electrons. The number of carboxylic acids is 1. The molecule has 0 unspecified atom stereocenters. The molecule has 3 nitrogen and oxygen atoms in total. The third-order valence-corrected chi connectivity index (χ3v) is 3.38.